The molecule has 14 heteroatoms. The number of ether oxygens (including phenoxy) is 1. The van der Waals surface area contributed by atoms with Crippen molar-refractivity contribution in [1.29, 1.82) is 0 Å². The molecular formula is C22H25F3N8O3. The van der Waals surface area contributed by atoms with E-state index in [1.54, 1.807) is 50.8 Å². The second-order valence-electron chi connectivity index (χ2n) is 8.23. The predicted octanol–water partition coefficient (Wildman–Crippen LogP) is 2.85. The average molecular weight is 506 g/mol. The minimum absolute atomic E-state index is 0.125. The fraction of sp³-hybridized carbons (Fsp3) is 0.318. The number of halogens is 3. The molecule has 1 aliphatic rings. The number of rotatable bonds is 5. The Kier molecular flexibility index (Phi) is 7.77. The third-order valence-electron chi connectivity index (χ3n) is 4.66. The number of aromatic nitrogens is 5. The van der Waals surface area contributed by atoms with Crippen molar-refractivity contribution in [3.8, 4) is 22.7 Å². The number of nitrogens with zero attached hydrogens (tertiary/aromatic N) is 7. The van der Waals surface area contributed by atoms with Gasteiger partial charge in [0.25, 0.3) is 0 Å². The van der Waals surface area contributed by atoms with Gasteiger partial charge in [0.1, 0.15) is 22.8 Å². The van der Waals surface area contributed by atoms with Crippen LogP contribution in [0.4, 0.5) is 18.0 Å². The highest BCUT2D eigenvalue weighted by molar-refractivity contribution is 5.85. The minimum Gasteiger partial charge on any atom is -0.494 e. The highest BCUT2D eigenvalue weighted by Gasteiger charge is 2.34. The lowest BCUT2D eigenvalue weighted by Crippen LogP contribution is -2.35. The number of carbonyl (C=O) groups excluding carboxylic acids is 1. The highest BCUT2D eigenvalue weighted by atomic mass is 19.4. The van der Waals surface area contributed by atoms with Gasteiger partial charge in [0.05, 0.1) is 43.6 Å². The van der Waals surface area contributed by atoms with Crippen LogP contribution in [0.25, 0.3) is 16.9 Å². The van der Waals surface area contributed by atoms with E-state index in [-0.39, 0.29) is 23.6 Å². The molecule has 36 heavy (non-hydrogen) atoms. The summed E-state index contributed by atoms with van der Waals surface area (Å²) in [6.07, 6.45) is 5.98. The van der Waals surface area contributed by atoms with E-state index in [1.165, 1.54) is 27.7 Å². The standard InChI is InChI=1S/C17H18F3N5O2.C5H7N3O/c1-16(2,26)10-24-9-12(25-6-4-5-22-25)15(23-24)11-7-14(17(18,19)20)21-8-13(11)27-3;6-5(9)8-3-1-2-7-4-8/h4-9,26H,10H2,1-3H3;1-2,4H,3H2,(H2,6,9). The lowest BCUT2D eigenvalue weighted by Gasteiger charge is -2.16. The molecule has 0 aliphatic carbocycles. The molecule has 3 aromatic heterocycles. The zero-order valence-corrected chi connectivity index (χ0v) is 19.7. The van der Waals surface area contributed by atoms with Crippen molar-refractivity contribution in [1.82, 2.24) is 29.4 Å². The second-order valence-corrected chi connectivity index (χ2v) is 8.23. The van der Waals surface area contributed by atoms with E-state index in [0.717, 1.165) is 12.3 Å². The van der Waals surface area contributed by atoms with Crippen molar-refractivity contribution in [2.45, 2.75) is 32.2 Å². The summed E-state index contributed by atoms with van der Waals surface area (Å²) in [5, 5.41) is 18.6. The third kappa shape index (κ3) is 6.69. The number of amides is 2. The van der Waals surface area contributed by atoms with Crippen LogP contribution < -0.4 is 10.5 Å². The number of pyridine rings is 1. The molecule has 0 saturated heterocycles. The molecule has 0 atom stereocenters. The van der Waals surface area contributed by atoms with Crippen molar-refractivity contribution in [2.75, 3.05) is 13.7 Å². The highest BCUT2D eigenvalue weighted by Crippen LogP contribution is 2.37. The fourth-order valence-corrected chi connectivity index (χ4v) is 3.14. The van der Waals surface area contributed by atoms with E-state index in [1.807, 2.05) is 0 Å². The average Bonchev–Trinajstić information content (AvgIpc) is 3.48. The quantitative estimate of drug-likeness (QED) is 0.546. The van der Waals surface area contributed by atoms with Crippen LogP contribution in [0.1, 0.15) is 19.5 Å². The summed E-state index contributed by atoms with van der Waals surface area (Å²) in [5.41, 5.74) is 3.61. The van der Waals surface area contributed by atoms with Crippen LogP contribution in [0.5, 0.6) is 5.75 Å². The van der Waals surface area contributed by atoms with E-state index in [4.69, 9.17) is 10.5 Å². The Morgan fingerprint density at radius 3 is 2.56 bits per heavy atom. The van der Waals surface area contributed by atoms with Gasteiger partial charge in [-0.15, -0.1) is 0 Å². The molecule has 0 spiro atoms. The van der Waals surface area contributed by atoms with Crippen LogP contribution >= 0.6 is 0 Å². The summed E-state index contributed by atoms with van der Waals surface area (Å²) in [7, 11) is 1.34. The summed E-state index contributed by atoms with van der Waals surface area (Å²) < 4.78 is 47.6. The number of nitrogens with two attached hydrogens (primary N) is 1. The van der Waals surface area contributed by atoms with Gasteiger partial charge in [-0.1, -0.05) is 0 Å². The topological polar surface area (TPSA) is 137 Å². The maximum absolute atomic E-state index is 13.1. The second kappa shape index (κ2) is 10.6. The molecule has 0 unspecified atom stereocenters. The largest absolute Gasteiger partial charge is 0.494 e. The Morgan fingerprint density at radius 1 is 1.31 bits per heavy atom. The van der Waals surface area contributed by atoms with Gasteiger partial charge in [-0.25, -0.2) is 19.5 Å². The van der Waals surface area contributed by atoms with E-state index in [9.17, 15) is 23.1 Å². The summed E-state index contributed by atoms with van der Waals surface area (Å²) in [4.78, 5) is 18.8. The van der Waals surface area contributed by atoms with Crippen LogP contribution in [0.15, 0.2) is 54.2 Å². The SMILES string of the molecule is COc1cnc(C(F)(F)F)cc1-c1nn(CC(C)(C)O)cc1-n1cccn1.NC(=O)N1C=NC=CC1. The number of aliphatic hydroxyl groups is 1. The number of alkyl halides is 3. The Bertz CT molecular complexity index is 1240. The molecule has 0 saturated carbocycles. The molecule has 11 nitrogen and oxygen atoms in total. The molecule has 0 radical (unpaired) electrons. The van der Waals surface area contributed by atoms with Crippen molar-refractivity contribution in [3.63, 3.8) is 0 Å². The molecular weight excluding hydrogens is 481 g/mol. The van der Waals surface area contributed by atoms with Crippen molar-refractivity contribution in [3.05, 3.63) is 54.9 Å². The van der Waals surface area contributed by atoms with E-state index < -0.39 is 23.5 Å². The van der Waals surface area contributed by atoms with Gasteiger partial charge in [0.2, 0.25) is 0 Å². The fourth-order valence-electron chi connectivity index (χ4n) is 3.14. The van der Waals surface area contributed by atoms with Crippen LogP contribution in [0.3, 0.4) is 0 Å². The van der Waals surface area contributed by atoms with Gasteiger partial charge in [-0.2, -0.15) is 23.4 Å². The van der Waals surface area contributed by atoms with Crippen molar-refractivity contribution < 1.29 is 27.8 Å². The molecule has 4 heterocycles. The first-order valence-electron chi connectivity index (χ1n) is 10.5. The van der Waals surface area contributed by atoms with Gasteiger partial charge in [-0.3, -0.25) is 9.58 Å². The number of aliphatic imine (C=N–C) groups is 1. The van der Waals surface area contributed by atoms with Crippen LogP contribution in [-0.4, -0.2) is 66.2 Å². The summed E-state index contributed by atoms with van der Waals surface area (Å²) >= 11 is 0. The third-order valence-corrected chi connectivity index (χ3v) is 4.66. The Balaban J connectivity index is 0.000000338. The first-order chi connectivity index (χ1) is 16.9. The monoisotopic (exact) mass is 506 g/mol. The molecule has 0 bridgehead atoms. The Labute approximate surface area is 204 Å². The first kappa shape index (κ1) is 26.4. The van der Waals surface area contributed by atoms with E-state index in [0.29, 0.717) is 12.2 Å². The number of hydrogen-bond donors (Lipinski definition) is 2. The zero-order valence-electron chi connectivity index (χ0n) is 19.7. The van der Waals surface area contributed by atoms with Crippen LogP contribution in [0, 0.1) is 0 Å². The number of hydrogen-bond acceptors (Lipinski definition) is 7. The number of carbonyl (C=O) groups is 1. The van der Waals surface area contributed by atoms with Gasteiger partial charge >= 0.3 is 12.2 Å². The van der Waals surface area contributed by atoms with E-state index in [2.05, 4.69) is 20.2 Å². The van der Waals surface area contributed by atoms with Crippen molar-refractivity contribution >= 4 is 12.4 Å². The molecule has 0 fully saturated rings. The van der Waals surface area contributed by atoms with Gasteiger partial charge in [-0.05, 0) is 32.1 Å². The normalized spacial score (nSPS) is 13.4. The van der Waals surface area contributed by atoms with Crippen molar-refractivity contribution in [2.24, 2.45) is 10.7 Å². The Morgan fingerprint density at radius 2 is 2.06 bits per heavy atom. The maximum atomic E-state index is 13.1. The zero-order chi connectivity index (χ0) is 26.5. The molecule has 0 aromatic carbocycles. The lowest BCUT2D eigenvalue weighted by molar-refractivity contribution is -0.141. The van der Waals surface area contributed by atoms with Gasteiger partial charge < -0.3 is 15.6 Å². The summed E-state index contributed by atoms with van der Waals surface area (Å²) in [6, 6.07) is 2.10. The summed E-state index contributed by atoms with van der Waals surface area (Å²) in [5.74, 6) is 0.143. The number of primary amides is 1. The maximum Gasteiger partial charge on any atom is 0.433 e. The molecule has 3 aromatic rings. The summed E-state index contributed by atoms with van der Waals surface area (Å²) in [6.45, 7) is 3.88. The molecule has 192 valence electrons. The van der Waals surface area contributed by atoms with Crippen LogP contribution in [0.2, 0.25) is 0 Å². The number of methoxy groups -OCH3 is 1. The smallest absolute Gasteiger partial charge is 0.433 e. The van der Waals surface area contributed by atoms with Crippen LogP contribution in [-0.2, 0) is 12.7 Å². The van der Waals surface area contributed by atoms with Gasteiger partial charge in [0.15, 0.2) is 0 Å². The Hall–Kier alpha value is -4.20. The lowest BCUT2D eigenvalue weighted by atomic mass is 10.1. The first-order valence-corrected chi connectivity index (χ1v) is 10.5. The van der Waals surface area contributed by atoms with Gasteiger partial charge in [0, 0.05) is 25.1 Å². The minimum atomic E-state index is -4.61. The number of urea groups is 1. The molecule has 4 rings (SSSR count). The molecule has 1 aliphatic heterocycles. The predicted molar refractivity (Wildman–Crippen MR) is 124 cm³/mol. The van der Waals surface area contributed by atoms with E-state index >= 15 is 0 Å². The molecule has 2 amide bonds. The molecule has 3 N–H and O–H groups in total.